The van der Waals surface area contributed by atoms with E-state index in [1.165, 1.54) is 18.2 Å². The number of nitrogens with zero attached hydrogens (tertiary/aromatic N) is 1. The second kappa shape index (κ2) is 5.27. The number of aryl methyl sites for hydroxylation is 1. The first-order valence-electron chi connectivity index (χ1n) is 5.26. The summed E-state index contributed by atoms with van der Waals surface area (Å²) in [6, 6.07) is 7.80. The van der Waals surface area contributed by atoms with Crippen LogP contribution in [0.5, 0.6) is 0 Å². The van der Waals surface area contributed by atoms with Crippen molar-refractivity contribution in [3.05, 3.63) is 57.9 Å². The Morgan fingerprint density at radius 3 is 2.89 bits per heavy atom. The normalized spacial score (nSPS) is 10.2. The molecule has 0 atom stereocenters. The SMILES string of the molecule is Cc1cccnc1NC(=O)c1cc(Br)ccc1F. The molecule has 92 valence electrons. The number of anilines is 1. The molecule has 0 saturated heterocycles. The Balaban J connectivity index is 2.28. The minimum atomic E-state index is -0.565. The molecule has 0 bridgehead atoms. The Morgan fingerprint density at radius 1 is 1.39 bits per heavy atom. The quantitative estimate of drug-likeness (QED) is 0.922. The number of hydrogen-bond donors (Lipinski definition) is 1. The number of rotatable bonds is 2. The van der Waals surface area contributed by atoms with Crippen LogP contribution in [0.2, 0.25) is 0 Å². The summed E-state index contributed by atoms with van der Waals surface area (Å²) in [4.78, 5) is 16.0. The number of carbonyl (C=O) groups is 1. The monoisotopic (exact) mass is 308 g/mol. The molecule has 2 aromatic rings. The van der Waals surface area contributed by atoms with Gasteiger partial charge in [0.25, 0.3) is 5.91 Å². The summed E-state index contributed by atoms with van der Waals surface area (Å²) in [6.45, 7) is 1.82. The van der Waals surface area contributed by atoms with E-state index in [2.05, 4.69) is 26.2 Å². The molecule has 1 heterocycles. The van der Waals surface area contributed by atoms with Crippen molar-refractivity contribution in [2.45, 2.75) is 6.92 Å². The fraction of sp³-hybridized carbons (Fsp3) is 0.0769. The van der Waals surface area contributed by atoms with Crippen LogP contribution in [0.1, 0.15) is 15.9 Å². The highest BCUT2D eigenvalue weighted by atomic mass is 79.9. The summed E-state index contributed by atoms with van der Waals surface area (Å²) >= 11 is 3.20. The lowest BCUT2D eigenvalue weighted by Gasteiger charge is -2.07. The predicted octanol–water partition coefficient (Wildman–Crippen LogP) is 3.54. The van der Waals surface area contributed by atoms with Crippen molar-refractivity contribution < 1.29 is 9.18 Å². The van der Waals surface area contributed by atoms with E-state index in [0.717, 1.165) is 5.56 Å². The van der Waals surface area contributed by atoms with E-state index < -0.39 is 11.7 Å². The fourth-order valence-corrected chi connectivity index (χ4v) is 1.82. The number of carbonyl (C=O) groups excluding carboxylic acids is 1. The van der Waals surface area contributed by atoms with Crippen LogP contribution in [0.15, 0.2) is 41.0 Å². The molecular formula is C13H10BrFN2O. The maximum Gasteiger partial charge on any atom is 0.259 e. The standard InChI is InChI=1S/C13H10BrFN2O/c1-8-3-2-6-16-12(8)17-13(18)10-7-9(14)4-5-11(10)15/h2-7H,1H3,(H,16,17,18). The van der Waals surface area contributed by atoms with Crippen molar-refractivity contribution in [2.24, 2.45) is 0 Å². The molecule has 0 spiro atoms. The van der Waals surface area contributed by atoms with E-state index in [9.17, 15) is 9.18 Å². The number of aromatic nitrogens is 1. The molecule has 2 rings (SSSR count). The number of halogens is 2. The van der Waals surface area contributed by atoms with Crippen molar-refractivity contribution in [2.75, 3.05) is 5.32 Å². The number of nitrogens with one attached hydrogen (secondary N) is 1. The third-order valence-corrected chi connectivity index (χ3v) is 2.91. The van der Waals surface area contributed by atoms with Crippen LogP contribution in [0.3, 0.4) is 0 Å². The molecule has 0 radical (unpaired) electrons. The first-order chi connectivity index (χ1) is 8.58. The molecular weight excluding hydrogens is 299 g/mol. The lowest BCUT2D eigenvalue weighted by Crippen LogP contribution is -2.15. The van der Waals surface area contributed by atoms with Crippen molar-refractivity contribution in [3.63, 3.8) is 0 Å². The van der Waals surface area contributed by atoms with Crippen LogP contribution in [0.25, 0.3) is 0 Å². The maximum atomic E-state index is 13.5. The second-order valence-electron chi connectivity index (χ2n) is 3.75. The van der Waals surface area contributed by atoms with E-state index in [1.807, 2.05) is 13.0 Å². The molecule has 0 saturated carbocycles. The Labute approximate surface area is 112 Å². The van der Waals surface area contributed by atoms with Gasteiger partial charge in [-0.15, -0.1) is 0 Å². The van der Waals surface area contributed by atoms with E-state index in [1.54, 1.807) is 12.3 Å². The molecule has 0 aliphatic carbocycles. The molecule has 1 amide bonds. The van der Waals surface area contributed by atoms with Gasteiger partial charge in [0, 0.05) is 10.7 Å². The Kier molecular flexibility index (Phi) is 3.72. The minimum Gasteiger partial charge on any atom is -0.306 e. The van der Waals surface area contributed by atoms with Crippen LogP contribution in [0.4, 0.5) is 10.2 Å². The molecule has 0 aliphatic heterocycles. The maximum absolute atomic E-state index is 13.5. The lowest BCUT2D eigenvalue weighted by molar-refractivity contribution is 0.102. The van der Waals surface area contributed by atoms with Gasteiger partial charge in [-0.25, -0.2) is 9.37 Å². The summed E-state index contributed by atoms with van der Waals surface area (Å²) in [6.07, 6.45) is 1.57. The molecule has 1 N–H and O–H groups in total. The summed E-state index contributed by atoms with van der Waals surface area (Å²) in [5, 5.41) is 2.58. The smallest absolute Gasteiger partial charge is 0.259 e. The molecule has 0 unspecified atom stereocenters. The highest BCUT2D eigenvalue weighted by molar-refractivity contribution is 9.10. The summed E-state index contributed by atoms with van der Waals surface area (Å²) in [5.74, 6) is -0.651. The highest BCUT2D eigenvalue weighted by Crippen LogP contribution is 2.17. The molecule has 0 fully saturated rings. The first-order valence-corrected chi connectivity index (χ1v) is 6.05. The largest absolute Gasteiger partial charge is 0.306 e. The van der Waals surface area contributed by atoms with Gasteiger partial charge in [-0.3, -0.25) is 4.79 Å². The van der Waals surface area contributed by atoms with Crippen LogP contribution in [-0.2, 0) is 0 Å². The number of hydrogen-bond acceptors (Lipinski definition) is 2. The van der Waals surface area contributed by atoms with Crippen molar-refractivity contribution in [3.8, 4) is 0 Å². The topological polar surface area (TPSA) is 42.0 Å². The summed E-state index contributed by atoms with van der Waals surface area (Å²) in [5.41, 5.74) is 0.802. The average Bonchev–Trinajstić information content (AvgIpc) is 2.35. The Bertz CT molecular complexity index is 601. The van der Waals surface area contributed by atoms with E-state index in [-0.39, 0.29) is 5.56 Å². The zero-order valence-electron chi connectivity index (χ0n) is 9.58. The zero-order chi connectivity index (χ0) is 13.1. The van der Waals surface area contributed by atoms with Gasteiger partial charge in [-0.1, -0.05) is 22.0 Å². The van der Waals surface area contributed by atoms with Crippen LogP contribution in [-0.4, -0.2) is 10.9 Å². The highest BCUT2D eigenvalue weighted by Gasteiger charge is 2.13. The summed E-state index contributed by atoms with van der Waals surface area (Å²) in [7, 11) is 0. The predicted molar refractivity (Wildman–Crippen MR) is 71.0 cm³/mol. The van der Waals surface area contributed by atoms with Gasteiger partial charge in [-0.05, 0) is 36.8 Å². The van der Waals surface area contributed by atoms with Crippen molar-refractivity contribution in [1.29, 1.82) is 0 Å². The number of amides is 1. The average molecular weight is 309 g/mol. The molecule has 3 nitrogen and oxygen atoms in total. The van der Waals surface area contributed by atoms with Gasteiger partial charge in [-0.2, -0.15) is 0 Å². The van der Waals surface area contributed by atoms with Gasteiger partial charge in [0.15, 0.2) is 0 Å². The van der Waals surface area contributed by atoms with Crippen LogP contribution in [0, 0.1) is 12.7 Å². The first kappa shape index (κ1) is 12.7. The Hall–Kier alpha value is -1.75. The molecule has 1 aromatic heterocycles. The Morgan fingerprint density at radius 2 is 2.17 bits per heavy atom. The minimum absolute atomic E-state index is 0.0190. The number of pyridine rings is 1. The van der Waals surface area contributed by atoms with Crippen LogP contribution >= 0.6 is 15.9 Å². The summed E-state index contributed by atoms with van der Waals surface area (Å²) < 4.78 is 14.2. The number of benzene rings is 1. The van der Waals surface area contributed by atoms with Crippen molar-refractivity contribution >= 4 is 27.7 Å². The fourth-order valence-electron chi connectivity index (χ4n) is 1.46. The molecule has 0 aliphatic rings. The van der Waals surface area contributed by atoms with Gasteiger partial charge in [0.2, 0.25) is 0 Å². The third-order valence-electron chi connectivity index (χ3n) is 2.41. The van der Waals surface area contributed by atoms with E-state index >= 15 is 0 Å². The van der Waals surface area contributed by atoms with Gasteiger partial charge in [0.05, 0.1) is 5.56 Å². The second-order valence-corrected chi connectivity index (χ2v) is 4.66. The molecule has 1 aromatic carbocycles. The van der Waals surface area contributed by atoms with Crippen molar-refractivity contribution in [1.82, 2.24) is 4.98 Å². The zero-order valence-corrected chi connectivity index (χ0v) is 11.2. The van der Waals surface area contributed by atoms with Gasteiger partial charge >= 0.3 is 0 Å². The van der Waals surface area contributed by atoms with Gasteiger partial charge < -0.3 is 5.32 Å². The van der Waals surface area contributed by atoms with Crippen LogP contribution < -0.4 is 5.32 Å². The molecule has 5 heteroatoms. The van der Waals surface area contributed by atoms with E-state index in [4.69, 9.17) is 0 Å². The molecule has 18 heavy (non-hydrogen) atoms. The lowest BCUT2D eigenvalue weighted by atomic mass is 10.2. The third kappa shape index (κ3) is 2.73. The van der Waals surface area contributed by atoms with E-state index in [0.29, 0.717) is 10.3 Å². The van der Waals surface area contributed by atoms with Gasteiger partial charge in [0.1, 0.15) is 11.6 Å².